The van der Waals surface area contributed by atoms with Gasteiger partial charge in [0.1, 0.15) is 17.1 Å². The van der Waals surface area contributed by atoms with E-state index < -0.39 is 17.0 Å². The number of nitrogens with one attached hydrogen (secondary N) is 1. The van der Waals surface area contributed by atoms with Crippen LogP contribution in [-0.4, -0.2) is 22.6 Å². The Balaban J connectivity index is 1.65. The smallest absolute Gasteiger partial charge is 0.307 e. The minimum Gasteiger partial charge on any atom is -0.460 e. The monoisotopic (exact) mass is 424 g/mol. The molecule has 0 saturated carbocycles. The molecule has 2 aromatic carbocycles. The van der Waals surface area contributed by atoms with E-state index in [-0.39, 0.29) is 12.3 Å². The topological polar surface area (TPSA) is 90.7 Å². The lowest BCUT2D eigenvalue weighted by Crippen LogP contribution is -2.35. The largest absolute Gasteiger partial charge is 0.460 e. The molecular weight excluding hydrogens is 396 g/mol. The molecule has 1 amide bonds. The second-order valence-corrected chi connectivity index (χ2v) is 9.12. The predicted molar refractivity (Wildman–Crippen MR) is 118 cm³/mol. The zero-order valence-electron chi connectivity index (χ0n) is 18.7. The Bertz CT molecular complexity index is 1090. The molecule has 0 saturated heterocycles. The van der Waals surface area contributed by atoms with Crippen LogP contribution in [0.15, 0.2) is 47.0 Å². The molecule has 7 nitrogen and oxygen atoms in total. The van der Waals surface area contributed by atoms with Gasteiger partial charge >= 0.3 is 5.97 Å². The molecular formula is C24H28N2O5. The van der Waals surface area contributed by atoms with Gasteiger partial charge in [-0.1, -0.05) is 25.1 Å². The van der Waals surface area contributed by atoms with Crippen LogP contribution in [0.4, 0.5) is 5.69 Å². The third-order valence-electron chi connectivity index (χ3n) is 4.59. The first kappa shape index (κ1) is 22.3. The first-order valence-electron chi connectivity index (χ1n) is 10.1. The number of hydrogen-bond acceptors (Lipinski definition) is 6. The number of carbonyl (C=O) groups excluding carboxylic acids is 2. The van der Waals surface area contributed by atoms with Crippen molar-refractivity contribution in [1.29, 1.82) is 0 Å². The van der Waals surface area contributed by atoms with Crippen molar-refractivity contribution in [2.24, 2.45) is 5.41 Å². The van der Waals surface area contributed by atoms with E-state index >= 15 is 0 Å². The fourth-order valence-corrected chi connectivity index (χ4v) is 3.04. The summed E-state index contributed by atoms with van der Waals surface area (Å²) >= 11 is 0. The molecule has 3 rings (SSSR count). The van der Waals surface area contributed by atoms with Crippen LogP contribution >= 0.6 is 0 Å². The van der Waals surface area contributed by atoms with Gasteiger partial charge in [0.25, 0.3) is 0 Å². The van der Waals surface area contributed by atoms with Crippen LogP contribution in [-0.2, 0) is 14.3 Å². The third-order valence-corrected chi connectivity index (χ3v) is 4.59. The molecule has 164 valence electrons. The van der Waals surface area contributed by atoms with Crippen molar-refractivity contribution in [2.45, 2.75) is 53.6 Å². The molecule has 0 fully saturated rings. The van der Waals surface area contributed by atoms with E-state index in [9.17, 15) is 9.59 Å². The lowest BCUT2D eigenvalue weighted by atomic mass is 9.88. The molecule has 0 aliphatic carbocycles. The Morgan fingerprint density at radius 3 is 2.35 bits per heavy atom. The maximum Gasteiger partial charge on any atom is 0.307 e. The summed E-state index contributed by atoms with van der Waals surface area (Å²) in [4.78, 5) is 24.8. The van der Waals surface area contributed by atoms with Crippen molar-refractivity contribution in [3.8, 4) is 11.5 Å². The maximum absolute atomic E-state index is 12.7. The van der Waals surface area contributed by atoms with Gasteiger partial charge in [-0.05, 0) is 64.1 Å². The Morgan fingerprint density at radius 2 is 1.71 bits per heavy atom. The number of esters is 1. The average molecular weight is 424 g/mol. The number of aromatic nitrogens is 1. The van der Waals surface area contributed by atoms with E-state index in [1.165, 1.54) is 0 Å². The van der Waals surface area contributed by atoms with Crippen LogP contribution in [0.3, 0.4) is 0 Å². The molecule has 3 aromatic rings. The van der Waals surface area contributed by atoms with E-state index in [1.54, 1.807) is 58.9 Å². The van der Waals surface area contributed by atoms with E-state index in [4.69, 9.17) is 14.0 Å². The number of carbonyl (C=O) groups is 2. The maximum atomic E-state index is 12.7. The molecule has 0 aliphatic heterocycles. The van der Waals surface area contributed by atoms with Crippen LogP contribution in [0, 0.1) is 12.3 Å². The summed E-state index contributed by atoms with van der Waals surface area (Å²) < 4.78 is 16.6. The fraction of sp³-hybridized carbons (Fsp3) is 0.375. The highest BCUT2D eigenvalue weighted by atomic mass is 16.6. The van der Waals surface area contributed by atoms with Gasteiger partial charge in [-0.15, -0.1) is 0 Å². The third kappa shape index (κ3) is 5.63. The van der Waals surface area contributed by atoms with Gasteiger partial charge in [-0.25, -0.2) is 0 Å². The van der Waals surface area contributed by atoms with Gasteiger partial charge in [0.05, 0.1) is 22.9 Å². The summed E-state index contributed by atoms with van der Waals surface area (Å²) in [7, 11) is 0. The normalized spacial score (nSPS) is 11.9. The van der Waals surface area contributed by atoms with Crippen molar-refractivity contribution in [3.05, 3.63) is 48.2 Å². The Hall–Kier alpha value is -3.35. The number of aryl methyl sites for hydroxylation is 1. The number of ether oxygens (including phenoxy) is 2. The SMILES string of the molecule is Cc1noc2cccc(Oc3ccc(NC(=O)C(C)(C)CC(=O)OC(C)(C)C)cc3)c12. The molecule has 0 radical (unpaired) electrons. The predicted octanol–water partition coefficient (Wildman–Crippen LogP) is 5.63. The van der Waals surface area contributed by atoms with Crippen LogP contribution < -0.4 is 10.1 Å². The molecule has 0 bridgehead atoms. The molecule has 0 spiro atoms. The van der Waals surface area contributed by atoms with Crippen LogP contribution in [0.25, 0.3) is 11.0 Å². The molecule has 0 atom stereocenters. The first-order chi connectivity index (χ1) is 14.4. The standard InChI is InChI=1S/C24H28N2O5/c1-15-21-18(8-7-9-19(21)31-26-15)29-17-12-10-16(11-13-17)25-22(28)24(5,6)14-20(27)30-23(2,3)4/h7-13H,14H2,1-6H3,(H,25,28). The molecule has 1 aromatic heterocycles. The van der Waals surface area contributed by atoms with Crippen molar-refractivity contribution < 1.29 is 23.6 Å². The molecule has 1 N–H and O–H groups in total. The van der Waals surface area contributed by atoms with Gasteiger partial charge in [0.2, 0.25) is 5.91 Å². The summed E-state index contributed by atoms with van der Waals surface area (Å²) in [6, 6.07) is 12.5. The summed E-state index contributed by atoms with van der Waals surface area (Å²) in [6.45, 7) is 10.7. The summed E-state index contributed by atoms with van der Waals surface area (Å²) in [5, 5.41) is 7.64. The zero-order valence-corrected chi connectivity index (χ0v) is 18.7. The Labute approximate surface area is 181 Å². The van der Waals surface area contributed by atoms with Crippen molar-refractivity contribution >= 4 is 28.5 Å². The number of fused-ring (bicyclic) bond motifs is 1. The minimum absolute atomic E-state index is 0.0145. The van der Waals surface area contributed by atoms with Crippen LogP contribution in [0.5, 0.6) is 11.5 Å². The first-order valence-corrected chi connectivity index (χ1v) is 10.1. The highest BCUT2D eigenvalue weighted by Crippen LogP contribution is 2.33. The van der Waals surface area contributed by atoms with Crippen LogP contribution in [0.1, 0.15) is 46.7 Å². The number of amides is 1. The molecule has 31 heavy (non-hydrogen) atoms. The molecule has 0 unspecified atom stereocenters. The minimum atomic E-state index is -0.918. The molecule has 1 heterocycles. The van der Waals surface area contributed by atoms with E-state index in [0.29, 0.717) is 22.8 Å². The van der Waals surface area contributed by atoms with Gasteiger partial charge in [-0.2, -0.15) is 0 Å². The average Bonchev–Trinajstić information content (AvgIpc) is 3.03. The number of nitrogens with zero attached hydrogens (tertiary/aromatic N) is 1. The Kier molecular flexibility index (Phi) is 6.06. The van der Waals surface area contributed by atoms with Gasteiger partial charge in [0.15, 0.2) is 5.58 Å². The van der Waals surface area contributed by atoms with Crippen LogP contribution in [0.2, 0.25) is 0 Å². The molecule has 0 aliphatic rings. The van der Waals surface area contributed by atoms with Gasteiger partial charge < -0.3 is 19.3 Å². The summed E-state index contributed by atoms with van der Waals surface area (Å²) in [5.41, 5.74) is 0.509. The lowest BCUT2D eigenvalue weighted by molar-refractivity contribution is -0.158. The van der Waals surface area contributed by atoms with Gasteiger partial charge in [0, 0.05) is 5.69 Å². The zero-order chi connectivity index (χ0) is 22.8. The quantitative estimate of drug-likeness (QED) is 0.516. The molecule has 7 heteroatoms. The van der Waals surface area contributed by atoms with E-state index in [2.05, 4.69) is 10.5 Å². The fourth-order valence-electron chi connectivity index (χ4n) is 3.04. The summed E-state index contributed by atoms with van der Waals surface area (Å²) in [6.07, 6.45) is -0.0145. The Morgan fingerprint density at radius 1 is 1.03 bits per heavy atom. The van der Waals surface area contributed by atoms with Crippen molar-refractivity contribution in [1.82, 2.24) is 5.16 Å². The van der Waals surface area contributed by atoms with E-state index in [0.717, 1.165) is 11.1 Å². The highest BCUT2D eigenvalue weighted by molar-refractivity contribution is 5.97. The second kappa shape index (κ2) is 8.41. The second-order valence-electron chi connectivity index (χ2n) is 9.12. The van der Waals surface area contributed by atoms with Gasteiger partial charge in [-0.3, -0.25) is 9.59 Å². The lowest BCUT2D eigenvalue weighted by Gasteiger charge is -2.26. The van der Waals surface area contributed by atoms with Crippen molar-refractivity contribution in [3.63, 3.8) is 0 Å². The number of rotatable bonds is 6. The van der Waals surface area contributed by atoms with Crippen molar-refractivity contribution in [2.75, 3.05) is 5.32 Å². The number of hydrogen-bond donors (Lipinski definition) is 1. The number of benzene rings is 2. The highest BCUT2D eigenvalue weighted by Gasteiger charge is 2.32. The van der Waals surface area contributed by atoms with E-state index in [1.807, 2.05) is 25.1 Å². The number of anilines is 1. The summed E-state index contributed by atoms with van der Waals surface area (Å²) in [5.74, 6) is 0.581.